The van der Waals surface area contributed by atoms with Gasteiger partial charge in [0.2, 0.25) is 5.91 Å². The number of halogens is 3. The molecule has 1 saturated heterocycles. The number of nitrogens with one attached hydrogen (secondary N) is 1. The lowest BCUT2D eigenvalue weighted by Crippen LogP contribution is -2.52. The fraction of sp³-hybridized carbons (Fsp3) is 0.846. The van der Waals surface area contributed by atoms with E-state index in [0.29, 0.717) is 18.0 Å². The lowest BCUT2D eigenvalue weighted by atomic mass is 10.1. The minimum atomic E-state index is -4.44. The molecule has 0 aliphatic carbocycles. The molecule has 1 rings (SSSR count). The number of amides is 3. The molecule has 0 aromatic carbocycles. The third-order valence-electron chi connectivity index (χ3n) is 3.65. The highest BCUT2D eigenvalue weighted by Crippen LogP contribution is 2.15. The first-order chi connectivity index (χ1) is 10.1. The van der Waals surface area contributed by atoms with E-state index in [2.05, 4.69) is 5.32 Å². The van der Waals surface area contributed by atoms with Gasteiger partial charge in [0.25, 0.3) is 0 Å². The summed E-state index contributed by atoms with van der Waals surface area (Å²) in [5, 5.41) is 2.39. The lowest BCUT2D eigenvalue weighted by Gasteiger charge is -2.36. The maximum absolute atomic E-state index is 12.2. The Kier molecular flexibility index (Phi) is 6.46. The zero-order chi connectivity index (χ0) is 16.9. The zero-order valence-electron chi connectivity index (χ0n) is 13.1. The Morgan fingerprint density at radius 3 is 2.45 bits per heavy atom. The molecule has 0 unspecified atom stereocenters. The molecule has 1 fully saturated rings. The number of hydrogen-bond acceptors (Lipinski definition) is 3. The van der Waals surface area contributed by atoms with Gasteiger partial charge >= 0.3 is 12.2 Å². The first-order valence-corrected chi connectivity index (χ1v) is 7.10. The zero-order valence-corrected chi connectivity index (χ0v) is 13.1. The Hall–Kier alpha value is -1.51. The molecule has 1 atom stereocenters. The Morgan fingerprint density at radius 2 is 1.91 bits per heavy atom. The monoisotopic (exact) mass is 324 g/mol. The van der Waals surface area contributed by atoms with Gasteiger partial charge in [0, 0.05) is 26.2 Å². The molecule has 0 spiro atoms. The van der Waals surface area contributed by atoms with Gasteiger partial charge in [0.1, 0.15) is 6.54 Å². The predicted octanol–water partition coefficient (Wildman–Crippen LogP) is 0.743. The molecule has 9 heteroatoms. The van der Waals surface area contributed by atoms with Gasteiger partial charge in [-0.1, -0.05) is 0 Å². The summed E-state index contributed by atoms with van der Waals surface area (Å²) in [6, 6.07) is -0.164. The molecule has 128 valence electrons. The van der Waals surface area contributed by atoms with E-state index in [4.69, 9.17) is 0 Å². The Balaban J connectivity index is 2.40. The first kappa shape index (κ1) is 18.5. The summed E-state index contributed by atoms with van der Waals surface area (Å²) in [6.07, 6.45) is -2.59. The number of hydrogen-bond donors (Lipinski definition) is 1. The van der Waals surface area contributed by atoms with E-state index >= 15 is 0 Å². The van der Waals surface area contributed by atoms with Gasteiger partial charge in [0.15, 0.2) is 0 Å². The van der Waals surface area contributed by atoms with Crippen LogP contribution >= 0.6 is 0 Å². The molecule has 0 bridgehead atoms. The van der Waals surface area contributed by atoms with Crippen molar-refractivity contribution in [2.24, 2.45) is 0 Å². The molecule has 22 heavy (non-hydrogen) atoms. The number of carbonyl (C=O) groups is 2. The van der Waals surface area contributed by atoms with Gasteiger partial charge in [-0.25, -0.2) is 4.79 Å². The maximum atomic E-state index is 12.2. The fourth-order valence-corrected chi connectivity index (χ4v) is 2.32. The van der Waals surface area contributed by atoms with E-state index in [9.17, 15) is 22.8 Å². The van der Waals surface area contributed by atoms with Crippen molar-refractivity contribution in [3.05, 3.63) is 0 Å². The highest BCUT2D eigenvalue weighted by Gasteiger charge is 2.31. The number of likely N-dealkylation sites (N-methyl/N-ethyl adjacent to an activating group) is 2. The molecular weight excluding hydrogens is 301 g/mol. The second kappa shape index (κ2) is 7.66. The third-order valence-corrected chi connectivity index (χ3v) is 3.65. The molecule has 1 N–H and O–H groups in total. The molecule has 0 radical (unpaired) electrons. The van der Waals surface area contributed by atoms with Gasteiger partial charge < -0.3 is 20.0 Å². The van der Waals surface area contributed by atoms with E-state index in [-0.39, 0.29) is 6.04 Å². The van der Waals surface area contributed by atoms with Crippen molar-refractivity contribution in [2.75, 3.05) is 47.3 Å². The molecule has 1 aliphatic rings. The van der Waals surface area contributed by atoms with E-state index in [1.807, 2.05) is 19.0 Å². The Labute approximate surface area is 128 Å². The molecule has 1 aliphatic heterocycles. The van der Waals surface area contributed by atoms with Crippen LogP contribution in [0.3, 0.4) is 0 Å². The van der Waals surface area contributed by atoms with Crippen LogP contribution in [0.5, 0.6) is 0 Å². The highest BCUT2D eigenvalue weighted by molar-refractivity contribution is 5.84. The molecule has 3 amide bonds. The van der Waals surface area contributed by atoms with Crippen molar-refractivity contribution < 1.29 is 22.8 Å². The summed E-state index contributed by atoms with van der Waals surface area (Å²) >= 11 is 0. The standard InChI is InChI=1S/C13H23F3N4O2/c1-18(2)10-5-4-6-20(8-10)12(22)17-7-11(21)19(3)9-13(14,15)16/h10H,4-9H2,1-3H3,(H,17,22)/t10-/m0/s1. The third kappa shape index (κ3) is 6.08. The number of rotatable bonds is 4. The van der Waals surface area contributed by atoms with Crippen LogP contribution in [0.15, 0.2) is 0 Å². The average Bonchev–Trinajstić information content (AvgIpc) is 2.42. The summed E-state index contributed by atoms with van der Waals surface area (Å²) < 4.78 is 36.5. The quantitative estimate of drug-likeness (QED) is 0.830. The van der Waals surface area contributed by atoms with Crippen LogP contribution in [0.1, 0.15) is 12.8 Å². The van der Waals surface area contributed by atoms with E-state index in [1.165, 1.54) is 0 Å². The van der Waals surface area contributed by atoms with Gasteiger partial charge in [-0.3, -0.25) is 4.79 Å². The van der Waals surface area contributed by atoms with Gasteiger partial charge in [-0.15, -0.1) is 0 Å². The molecule has 1 heterocycles. The van der Waals surface area contributed by atoms with Crippen molar-refractivity contribution >= 4 is 11.9 Å². The number of alkyl halides is 3. The van der Waals surface area contributed by atoms with Crippen LogP contribution in [0.25, 0.3) is 0 Å². The summed E-state index contributed by atoms with van der Waals surface area (Å²) in [5.41, 5.74) is 0. The smallest absolute Gasteiger partial charge is 0.335 e. The van der Waals surface area contributed by atoms with Crippen molar-refractivity contribution in [3.63, 3.8) is 0 Å². The van der Waals surface area contributed by atoms with Gasteiger partial charge in [0.05, 0.1) is 6.54 Å². The van der Waals surface area contributed by atoms with Crippen LogP contribution in [0.4, 0.5) is 18.0 Å². The Morgan fingerprint density at radius 1 is 1.27 bits per heavy atom. The maximum Gasteiger partial charge on any atom is 0.406 e. The van der Waals surface area contributed by atoms with Crippen LogP contribution < -0.4 is 5.32 Å². The number of piperidine rings is 1. The second-order valence-electron chi connectivity index (χ2n) is 5.73. The van der Waals surface area contributed by atoms with Gasteiger partial charge in [-0.05, 0) is 26.9 Å². The average molecular weight is 324 g/mol. The number of likely N-dealkylation sites (tertiary alicyclic amines) is 1. The number of urea groups is 1. The Bertz CT molecular complexity index is 401. The van der Waals surface area contributed by atoms with Crippen LogP contribution in [-0.2, 0) is 4.79 Å². The second-order valence-corrected chi connectivity index (χ2v) is 5.73. The van der Waals surface area contributed by atoms with Crippen molar-refractivity contribution in [1.82, 2.24) is 20.0 Å². The normalized spacial score (nSPS) is 19.2. The van der Waals surface area contributed by atoms with Crippen molar-refractivity contribution in [3.8, 4) is 0 Å². The molecule has 0 aromatic heterocycles. The minimum absolute atomic E-state index is 0.253. The summed E-state index contributed by atoms with van der Waals surface area (Å²) in [4.78, 5) is 27.7. The number of carbonyl (C=O) groups excluding carboxylic acids is 2. The largest absolute Gasteiger partial charge is 0.406 e. The van der Waals surface area contributed by atoms with Crippen LogP contribution in [-0.4, -0.2) is 86.2 Å². The number of nitrogens with zero attached hydrogens (tertiary/aromatic N) is 3. The van der Waals surface area contributed by atoms with Crippen LogP contribution in [0, 0.1) is 0 Å². The molecule has 6 nitrogen and oxygen atoms in total. The fourth-order valence-electron chi connectivity index (χ4n) is 2.32. The van der Waals surface area contributed by atoms with Crippen molar-refractivity contribution in [2.45, 2.75) is 25.1 Å². The van der Waals surface area contributed by atoms with E-state index in [0.717, 1.165) is 19.9 Å². The molecule has 0 aromatic rings. The summed E-state index contributed by atoms with van der Waals surface area (Å²) in [5.74, 6) is -0.771. The van der Waals surface area contributed by atoms with Crippen molar-refractivity contribution in [1.29, 1.82) is 0 Å². The molecular formula is C13H23F3N4O2. The SMILES string of the molecule is CN(CC(F)(F)F)C(=O)CNC(=O)N1CCC[C@H](N(C)C)C1. The highest BCUT2D eigenvalue weighted by atomic mass is 19.4. The first-order valence-electron chi connectivity index (χ1n) is 7.10. The predicted molar refractivity (Wildman–Crippen MR) is 75.4 cm³/mol. The molecule has 0 saturated carbocycles. The summed E-state index contributed by atoms with van der Waals surface area (Å²) in [7, 11) is 4.92. The lowest BCUT2D eigenvalue weighted by molar-refractivity contribution is -0.157. The topological polar surface area (TPSA) is 55.9 Å². The summed E-state index contributed by atoms with van der Waals surface area (Å²) in [6.45, 7) is -0.628. The minimum Gasteiger partial charge on any atom is -0.335 e. The van der Waals surface area contributed by atoms with Gasteiger partial charge in [-0.2, -0.15) is 13.2 Å². The van der Waals surface area contributed by atoms with E-state index < -0.39 is 31.2 Å². The van der Waals surface area contributed by atoms with Crippen LogP contribution in [0.2, 0.25) is 0 Å². The van der Waals surface area contributed by atoms with E-state index in [1.54, 1.807) is 4.90 Å².